The van der Waals surface area contributed by atoms with E-state index in [4.69, 9.17) is 5.73 Å². The molecular weight excluding hydrogens is 280 g/mol. The molecule has 5 heteroatoms. The molecule has 0 saturated carbocycles. The Balaban J connectivity index is 1.89. The number of piperidine rings is 1. The van der Waals surface area contributed by atoms with Crippen molar-refractivity contribution < 1.29 is 0 Å². The van der Waals surface area contributed by atoms with Crippen LogP contribution < -0.4 is 11.1 Å². The van der Waals surface area contributed by atoms with Gasteiger partial charge in [-0.2, -0.15) is 0 Å². The molecule has 0 spiro atoms. The molecule has 1 aliphatic heterocycles. The Morgan fingerprint density at radius 1 is 1.47 bits per heavy atom. The van der Waals surface area contributed by atoms with Crippen LogP contribution in [0.5, 0.6) is 0 Å². The van der Waals surface area contributed by atoms with Crippen molar-refractivity contribution in [2.75, 3.05) is 37.7 Å². The quantitative estimate of drug-likeness (QED) is 0.898. The fraction of sp³-hybridized carbons (Fsp3) is 0.583. The molecule has 94 valence electrons. The minimum absolute atomic E-state index is 0.701. The van der Waals surface area contributed by atoms with Gasteiger partial charge in [-0.15, -0.1) is 0 Å². The fourth-order valence-corrected chi connectivity index (χ4v) is 2.64. The molecule has 4 nitrogen and oxygen atoms in total. The van der Waals surface area contributed by atoms with E-state index in [1.165, 1.54) is 25.9 Å². The third-order valence-corrected chi connectivity index (χ3v) is 3.94. The van der Waals surface area contributed by atoms with Gasteiger partial charge in [-0.25, -0.2) is 0 Å². The highest BCUT2D eigenvalue weighted by atomic mass is 79.9. The zero-order chi connectivity index (χ0) is 12.3. The molecule has 0 aromatic carbocycles. The average molecular weight is 299 g/mol. The van der Waals surface area contributed by atoms with Crippen LogP contribution in [0.2, 0.25) is 0 Å². The van der Waals surface area contributed by atoms with Crippen LogP contribution in [0, 0.1) is 5.92 Å². The van der Waals surface area contributed by atoms with Gasteiger partial charge in [0, 0.05) is 12.7 Å². The lowest BCUT2D eigenvalue weighted by molar-refractivity contribution is 0.226. The number of nitrogens with two attached hydrogens (primary N) is 1. The number of hydrogen-bond acceptors (Lipinski definition) is 4. The van der Waals surface area contributed by atoms with Crippen molar-refractivity contribution in [2.45, 2.75) is 12.8 Å². The Morgan fingerprint density at radius 3 is 2.82 bits per heavy atom. The molecular formula is C12H19BrN4. The molecule has 0 aliphatic carbocycles. The number of pyridine rings is 1. The topological polar surface area (TPSA) is 54.2 Å². The van der Waals surface area contributed by atoms with Gasteiger partial charge >= 0.3 is 0 Å². The van der Waals surface area contributed by atoms with Gasteiger partial charge in [-0.05, 0) is 54.8 Å². The van der Waals surface area contributed by atoms with E-state index in [1.807, 2.05) is 0 Å². The number of nitrogen functional groups attached to an aromatic ring is 1. The van der Waals surface area contributed by atoms with Crippen molar-refractivity contribution in [2.24, 2.45) is 5.92 Å². The summed E-state index contributed by atoms with van der Waals surface area (Å²) in [6.07, 6.45) is 5.97. The van der Waals surface area contributed by atoms with E-state index < -0.39 is 0 Å². The van der Waals surface area contributed by atoms with Crippen molar-refractivity contribution in [3.8, 4) is 0 Å². The van der Waals surface area contributed by atoms with E-state index in [0.717, 1.165) is 22.6 Å². The molecule has 0 amide bonds. The molecule has 1 aromatic rings. The Hall–Kier alpha value is -0.810. The molecule has 0 atom stereocenters. The SMILES string of the molecule is CN1CCC(CNc2c(N)cncc2Br)CC1. The Kier molecular flexibility index (Phi) is 4.23. The second-order valence-electron chi connectivity index (χ2n) is 4.71. The summed E-state index contributed by atoms with van der Waals surface area (Å²) in [4.78, 5) is 6.41. The van der Waals surface area contributed by atoms with Crippen molar-refractivity contribution in [3.05, 3.63) is 16.9 Å². The van der Waals surface area contributed by atoms with Gasteiger partial charge in [0.05, 0.1) is 22.0 Å². The molecule has 1 aliphatic rings. The largest absolute Gasteiger partial charge is 0.396 e. The Bertz CT molecular complexity index is 355. The van der Waals surface area contributed by atoms with Crippen LogP contribution in [0.25, 0.3) is 0 Å². The molecule has 1 aromatic heterocycles. The van der Waals surface area contributed by atoms with E-state index in [9.17, 15) is 0 Å². The Labute approximate surface area is 111 Å². The van der Waals surface area contributed by atoms with E-state index in [-0.39, 0.29) is 0 Å². The van der Waals surface area contributed by atoms with Crippen molar-refractivity contribution in [3.63, 3.8) is 0 Å². The summed E-state index contributed by atoms with van der Waals surface area (Å²) < 4.78 is 0.936. The van der Waals surface area contributed by atoms with E-state index >= 15 is 0 Å². The van der Waals surface area contributed by atoms with Crippen LogP contribution in [-0.4, -0.2) is 36.6 Å². The van der Waals surface area contributed by atoms with Gasteiger partial charge in [-0.3, -0.25) is 4.98 Å². The van der Waals surface area contributed by atoms with Gasteiger partial charge < -0.3 is 16.0 Å². The monoisotopic (exact) mass is 298 g/mol. The summed E-state index contributed by atoms with van der Waals surface area (Å²) in [5, 5.41) is 3.44. The first-order valence-electron chi connectivity index (χ1n) is 5.98. The van der Waals surface area contributed by atoms with Gasteiger partial charge in [0.15, 0.2) is 0 Å². The Morgan fingerprint density at radius 2 is 2.18 bits per heavy atom. The first-order valence-corrected chi connectivity index (χ1v) is 6.77. The zero-order valence-electron chi connectivity index (χ0n) is 10.1. The number of aromatic nitrogens is 1. The fourth-order valence-electron chi connectivity index (χ4n) is 2.15. The van der Waals surface area contributed by atoms with E-state index in [2.05, 4.69) is 38.2 Å². The molecule has 2 heterocycles. The number of hydrogen-bond donors (Lipinski definition) is 2. The molecule has 0 radical (unpaired) electrons. The van der Waals surface area contributed by atoms with Gasteiger partial charge in [-0.1, -0.05) is 0 Å². The number of halogens is 1. The molecule has 1 fully saturated rings. The maximum absolute atomic E-state index is 5.90. The minimum atomic E-state index is 0.701. The predicted molar refractivity (Wildman–Crippen MR) is 75.1 cm³/mol. The number of rotatable bonds is 3. The van der Waals surface area contributed by atoms with Crippen LogP contribution in [0.15, 0.2) is 16.9 Å². The summed E-state index contributed by atoms with van der Waals surface area (Å²) in [5.41, 5.74) is 7.57. The zero-order valence-corrected chi connectivity index (χ0v) is 11.7. The summed E-state index contributed by atoms with van der Waals surface area (Å²) in [7, 11) is 2.18. The predicted octanol–water partition coefficient (Wildman–Crippen LogP) is 2.18. The molecule has 17 heavy (non-hydrogen) atoms. The third-order valence-electron chi connectivity index (χ3n) is 3.33. The van der Waals surface area contributed by atoms with Gasteiger partial charge in [0.2, 0.25) is 0 Å². The molecule has 0 bridgehead atoms. The molecule has 0 unspecified atom stereocenters. The van der Waals surface area contributed by atoms with Crippen LogP contribution >= 0.6 is 15.9 Å². The first kappa shape index (κ1) is 12.6. The summed E-state index contributed by atoms with van der Waals surface area (Å²) in [6, 6.07) is 0. The second kappa shape index (κ2) is 5.69. The lowest BCUT2D eigenvalue weighted by Gasteiger charge is -2.29. The van der Waals surface area contributed by atoms with E-state index in [0.29, 0.717) is 5.69 Å². The maximum Gasteiger partial charge on any atom is 0.0750 e. The minimum Gasteiger partial charge on any atom is -0.396 e. The van der Waals surface area contributed by atoms with Crippen molar-refractivity contribution >= 4 is 27.3 Å². The summed E-state index contributed by atoms with van der Waals surface area (Å²) >= 11 is 3.47. The van der Waals surface area contributed by atoms with E-state index in [1.54, 1.807) is 12.4 Å². The van der Waals surface area contributed by atoms with Crippen molar-refractivity contribution in [1.29, 1.82) is 0 Å². The highest BCUT2D eigenvalue weighted by Crippen LogP contribution is 2.28. The normalized spacial score (nSPS) is 18.2. The third kappa shape index (κ3) is 3.33. The molecule has 2 rings (SSSR count). The standard InChI is InChI=1S/C12H19BrN4/c1-17-4-2-9(3-5-17)6-16-12-10(13)7-15-8-11(12)14/h7-9H,2-6,14H2,1H3,(H,15,16). The van der Waals surface area contributed by atoms with Crippen LogP contribution in [0.1, 0.15) is 12.8 Å². The highest BCUT2D eigenvalue weighted by Gasteiger charge is 2.17. The molecule has 3 N–H and O–H groups in total. The lowest BCUT2D eigenvalue weighted by Crippen LogP contribution is -2.33. The van der Waals surface area contributed by atoms with Gasteiger partial charge in [0.1, 0.15) is 0 Å². The number of anilines is 2. The number of nitrogens with zero attached hydrogens (tertiary/aromatic N) is 2. The first-order chi connectivity index (χ1) is 8.16. The number of nitrogens with one attached hydrogen (secondary N) is 1. The summed E-state index contributed by atoms with van der Waals surface area (Å²) in [5.74, 6) is 0.741. The second-order valence-corrected chi connectivity index (χ2v) is 5.57. The number of likely N-dealkylation sites (tertiary alicyclic amines) is 1. The summed E-state index contributed by atoms with van der Waals surface area (Å²) in [6.45, 7) is 3.37. The van der Waals surface area contributed by atoms with Crippen molar-refractivity contribution in [1.82, 2.24) is 9.88 Å². The lowest BCUT2D eigenvalue weighted by atomic mass is 9.97. The highest BCUT2D eigenvalue weighted by molar-refractivity contribution is 9.10. The molecule has 1 saturated heterocycles. The van der Waals surface area contributed by atoms with Crippen LogP contribution in [-0.2, 0) is 0 Å². The van der Waals surface area contributed by atoms with Crippen LogP contribution in [0.4, 0.5) is 11.4 Å². The average Bonchev–Trinajstić information content (AvgIpc) is 2.31. The van der Waals surface area contributed by atoms with Gasteiger partial charge in [0.25, 0.3) is 0 Å². The maximum atomic E-state index is 5.90. The van der Waals surface area contributed by atoms with Crippen LogP contribution in [0.3, 0.4) is 0 Å². The smallest absolute Gasteiger partial charge is 0.0750 e.